The third-order valence-corrected chi connectivity index (χ3v) is 8.73. The van der Waals surface area contributed by atoms with Crippen molar-refractivity contribution in [3.8, 4) is 0 Å². The number of hydrogen-bond donors (Lipinski definition) is 1. The summed E-state index contributed by atoms with van der Waals surface area (Å²) in [6, 6.07) is 4.67. The molecule has 0 bridgehead atoms. The Balaban J connectivity index is 1.72. The van der Waals surface area contributed by atoms with Gasteiger partial charge in [0.15, 0.2) is 9.84 Å². The molecule has 2 atom stereocenters. The first-order chi connectivity index (χ1) is 15.5. The zero-order chi connectivity index (χ0) is 24.0. The number of nitrogens with zero attached hydrogens (tertiary/aromatic N) is 3. The maximum Gasteiger partial charge on any atom is 0.417 e. The number of anilines is 1. The van der Waals surface area contributed by atoms with E-state index in [9.17, 15) is 31.5 Å². The number of alkyl halides is 3. The third kappa shape index (κ3) is 4.47. The minimum absolute atomic E-state index is 0.0820. The predicted octanol–water partition coefficient (Wildman–Crippen LogP) is 4.22. The topological polar surface area (TPSA) is 92.5 Å². The number of sulfone groups is 1. The van der Waals surface area contributed by atoms with E-state index in [0.29, 0.717) is 11.5 Å². The molecule has 1 aliphatic heterocycles. The largest absolute Gasteiger partial charge is 0.480 e. The van der Waals surface area contributed by atoms with E-state index in [2.05, 4.69) is 5.10 Å². The van der Waals surface area contributed by atoms with Crippen molar-refractivity contribution in [2.45, 2.75) is 73.9 Å². The second-order valence-corrected chi connectivity index (χ2v) is 11.0. The molecule has 1 saturated heterocycles. The molecule has 11 heteroatoms. The summed E-state index contributed by atoms with van der Waals surface area (Å²) in [4.78, 5) is 12.7. The van der Waals surface area contributed by atoms with Crippen LogP contribution in [0.4, 0.5) is 19.0 Å². The van der Waals surface area contributed by atoms with Gasteiger partial charge in [0.25, 0.3) is 0 Å². The summed E-state index contributed by atoms with van der Waals surface area (Å²) < 4.78 is 68.9. The van der Waals surface area contributed by atoms with E-state index in [1.54, 1.807) is 17.7 Å². The number of benzene rings is 1. The molecule has 2 aliphatic rings. The minimum atomic E-state index is -4.84. The van der Waals surface area contributed by atoms with Crippen molar-refractivity contribution >= 4 is 21.6 Å². The van der Waals surface area contributed by atoms with Gasteiger partial charge in [-0.1, -0.05) is 31.4 Å². The van der Waals surface area contributed by atoms with Gasteiger partial charge in [-0.3, -0.25) is 0 Å². The molecule has 0 spiro atoms. The van der Waals surface area contributed by atoms with E-state index >= 15 is 0 Å². The van der Waals surface area contributed by atoms with Gasteiger partial charge < -0.3 is 10.0 Å². The molecule has 0 radical (unpaired) electrons. The van der Waals surface area contributed by atoms with Crippen LogP contribution in [0.15, 0.2) is 35.2 Å². The Bertz CT molecular complexity index is 1140. The standard InChI is InChI=1S/C22H26F3N3O4S/c1-14-11-20(28(26-14)15-7-3-2-4-8-15)27-13-16(12-18(27)21(29)30)33(31,32)19-10-6-5-9-17(19)22(23,24)25/h5-6,9-11,15-16,18H,2-4,7-8,12-13H2,1H3,(H,29,30). The predicted molar refractivity (Wildman–Crippen MR) is 115 cm³/mol. The Morgan fingerprint density at radius 1 is 1.15 bits per heavy atom. The molecule has 1 aromatic heterocycles. The summed E-state index contributed by atoms with van der Waals surface area (Å²) in [6.45, 7) is 1.56. The Kier molecular flexibility index (Phi) is 6.19. The third-order valence-electron chi connectivity index (χ3n) is 6.54. The fourth-order valence-corrected chi connectivity index (χ4v) is 6.86. The van der Waals surface area contributed by atoms with Gasteiger partial charge in [-0.05, 0) is 38.3 Å². The summed E-state index contributed by atoms with van der Waals surface area (Å²) in [5.74, 6) is -0.709. The van der Waals surface area contributed by atoms with Crippen LogP contribution in [0.5, 0.6) is 0 Å². The van der Waals surface area contributed by atoms with Crippen LogP contribution in [0.25, 0.3) is 0 Å². The summed E-state index contributed by atoms with van der Waals surface area (Å²) in [7, 11) is -4.45. The van der Waals surface area contributed by atoms with Gasteiger partial charge in [-0.15, -0.1) is 0 Å². The summed E-state index contributed by atoms with van der Waals surface area (Å²) in [5.41, 5.74) is -0.563. The second kappa shape index (κ2) is 8.66. The SMILES string of the molecule is Cc1cc(N2CC(S(=O)(=O)c3ccccc3C(F)(F)F)CC2C(=O)O)n(C2CCCCC2)n1. The molecule has 7 nitrogen and oxygen atoms in total. The van der Waals surface area contributed by atoms with Gasteiger partial charge in [0.2, 0.25) is 0 Å². The molecular weight excluding hydrogens is 459 g/mol. The highest BCUT2D eigenvalue weighted by Crippen LogP contribution is 2.40. The highest BCUT2D eigenvalue weighted by molar-refractivity contribution is 7.92. The van der Waals surface area contributed by atoms with Crippen LogP contribution in [0.2, 0.25) is 0 Å². The van der Waals surface area contributed by atoms with Crippen LogP contribution >= 0.6 is 0 Å². The van der Waals surface area contributed by atoms with Crippen molar-refractivity contribution < 1.29 is 31.5 Å². The summed E-state index contributed by atoms with van der Waals surface area (Å²) in [6.07, 6.45) is -0.204. The Hall–Kier alpha value is -2.56. The fraction of sp³-hybridized carbons (Fsp3) is 0.545. The monoisotopic (exact) mass is 485 g/mol. The molecular formula is C22H26F3N3O4S. The number of carboxylic acid groups (broad SMARTS) is 1. The van der Waals surface area contributed by atoms with Gasteiger partial charge in [0, 0.05) is 12.6 Å². The molecule has 2 fully saturated rings. The first kappa shape index (κ1) is 23.6. The van der Waals surface area contributed by atoms with Crippen LogP contribution in [0.1, 0.15) is 55.8 Å². The molecule has 1 aromatic carbocycles. The van der Waals surface area contributed by atoms with Gasteiger partial charge in [-0.2, -0.15) is 18.3 Å². The first-order valence-electron chi connectivity index (χ1n) is 11.0. The molecule has 4 rings (SSSR count). The maximum absolute atomic E-state index is 13.5. The highest BCUT2D eigenvalue weighted by Gasteiger charge is 2.47. The second-order valence-electron chi connectivity index (χ2n) is 8.78. The molecule has 33 heavy (non-hydrogen) atoms. The Morgan fingerprint density at radius 3 is 2.45 bits per heavy atom. The number of halogens is 3. The summed E-state index contributed by atoms with van der Waals surface area (Å²) >= 11 is 0. The average molecular weight is 486 g/mol. The van der Waals surface area contributed by atoms with E-state index in [4.69, 9.17) is 0 Å². The van der Waals surface area contributed by atoms with Crippen molar-refractivity contribution in [1.82, 2.24) is 9.78 Å². The average Bonchev–Trinajstić information content (AvgIpc) is 3.38. The lowest BCUT2D eigenvalue weighted by Crippen LogP contribution is -2.38. The molecule has 1 N–H and O–H groups in total. The molecule has 2 heterocycles. The van der Waals surface area contributed by atoms with E-state index < -0.39 is 43.7 Å². The molecule has 0 amide bonds. The van der Waals surface area contributed by atoms with Crippen molar-refractivity contribution in [2.75, 3.05) is 11.4 Å². The zero-order valence-corrected chi connectivity index (χ0v) is 18.9. The first-order valence-corrected chi connectivity index (χ1v) is 12.5. The molecule has 180 valence electrons. The van der Waals surface area contributed by atoms with E-state index in [1.165, 1.54) is 11.0 Å². The van der Waals surface area contributed by atoms with Crippen molar-refractivity contribution in [2.24, 2.45) is 0 Å². The van der Waals surface area contributed by atoms with Crippen LogP contribution < -0.4 is 4.90 Å². The highest BCUT2D eigenvalue weighted by atomic mass is 32.2. The smallest absolute Gasteiger partial charge is 0.417 e. The molecule has 2 aromatic rings. The normalized spacial score (nSPS) is 22.6. The van der Waals surface area contributed by atoms with E-state index in [0.717, 1.165) is 50.3 Å². The molecule has 2 unspecified atom stereocenters. The number of hydrogen-bond acceptors (Lipinski definition) is 5. The van der Waals surface area contributed by atoms with Gasteiger partial charge in [0.1, 0.15) is 11.9 Å². The number of aromatic nitrogens is 2. The van der Waals surface area contributed by atoms with Crippen LogP contribution in [-0.2, 0) is 20.8 Å². The van der Waals surface area contributed by atoms with Gasteiger partial charge >= 0.3 is 12.1 Å². The number of aliphatic carboxylic acids is 1. The van der Waals surface area contributed by atoms with E-state index in [1.807, 2.05) is 0 Å². The van der Waals surface area contributed by atoms with Crippen molar-refractivity contribution in [3.63, 3.8) is 0 Å². The lowest BCUT2D eigenvalue weighted by Gasteiger charge is -2.29. The number of carboxylic acids is 1. The minimum Gasteiger partial charge on any atom is -0.480 e. The van der Waals surface area contributed by atoms with E-state index in [-0.39, 0.29) is 19.0 Å². The fourth-order valence-electron chi connectivity index (χ4n) is 4.95. The quantitative estimate of drug-likeness (QED) is 0.682. The molecule has 1 saturated carbocycles. The maximum atomic E-state index is 13.5. The van der Waals surface area contributed by atoms with Crippen molar-refractivity contribution in [3.05, 3.63) is 41.6 Å². The molecule has 1 aliphatic carbocycles. The van der Waals surface area contributed by atoms with Crippen molar-refractivity contribution in [1.29, 1.82) is 0 Å². The Labute approximate surface area is 190 Å². The van der Waals surface area contributed by atoms with Crippen LogP contribution in [-0.4, -0.2) is 47.1 Å². The van der Waals surface area contributed by atoms with Gasteiger partial charge in [0.05, 0.1) is 27.4 Å². The lowest BCUT2D eigenvalue weighted by atomic mass is 9.96. The van der Waals surface area contributed by atoms with Crippen LogP contribution in [0.3, 0.4) is 0 Å². The lowest BCUT2D eigenvalue weighted by molar-refractivity contribution is -0.140. The number of rotatable bonds is 5. The summed E-state index contributed by atoms with van der Waals surface area (Å²) in [5, 5.41) is 13.1. The number of aryl methyl sites for hydroxylation is 1. The van der Waals surface area contributed by atoms with Crippen LogP contribution in [0, 0.1) is 6.92 Å². The number of carbonyl (C=O) groups is 1. The Morgan fingerprint density at radius 2 is 1.82 bits per heavy atom. The van der Waals surface area contributed by atoms with Gasteiger partial charge in [-0.25, -0.2) is 17.9 Å². The zero-order valence-electron chi connectivity index (χ0n) is 18.1.